The third-order valence-electron chi connectivity index (χ3n) is 2.96. The summed E-state index contributed by atoms with van der Waals surface area (Å²) in [6.45, 7) is 7.42. The van der Waals surface area contributed by atoms with Crippen LogP contribution >= 0.6 is 11.8 Å². The molecule has 0 spiro atoms. The normalized spacial score (nSPS) is 31.2. The maximum atomic E-state index is 11.4. The van der Waals surface area contributed by atoms with Crippen LogP contribution in [0.25, 0.3) is 0 Å². The van der Waals surface area contributed by atoms with Crippen molar-refractivity contribution in [1.29, 1.82) is 0 Å². The van der Waals surface area contributed by atoms with Gasteiger partial charge < -0.3 is 18.9 Å². The first-order chi connectivity index (χ1) is 10.3. The van der Waals surface area contributed by atoms with Crippen LogP contribution in [0.3, 0.4) is 0 Å². The van der Waals surface area contributed by atoms with E-state index in [0.29, 0.717) is 0 Å². The summed E-state index contributed by atoms with van der Waals surface area (Å²) in [4.78, 5) is 34.1. The van der Waals surface area contributed by atoms with Crippen LogP contribution in [-0.4, -0.2) is 53.5 Å². The highest BCUT2D eigenvalue weighted by Crippen LogP contribution is 2.33. The lowest BCUT2D eigenvalue weighted by molar-refractivity contribution is -0.228. The number of carbonyl (C=O) groups is 3. The molecule has 0 radical (unpaired) electrons. The summed E-state index contributed by atoms with van der Waals surface area (Å²) in [5.74, 6) is -0.877. The van der Waals surface area contributed by atoms with Crippen LogP contribution < -0.4 is 0 Å². The first kappa shape index (κ1) is 18.8. The van der Waals surface area contributed by atoms with Gasteiger partial charge in [-0.15, -0.1) is 11.8 Å². The number of thioether (sulfide) groups is 1. The Morgan fingerprint density at radius 2 is 1.36 bits per heavy atom. The molecule has 1 saturated heterocycles. The molecule has 1 fully saturated rings. The second-order valence-electron chi connectivity index (χ2n) is 4.89. The van der Waals surface area contributed by atoms with E-state index in [1.807, 2.05) is 6.92 Å². The molecular formula is C14H22O7S. The molecule has 0 bridgehead atoms. The molecule has 0 aromatic rings. The van der Waals surface area contributed by atoms with Crippen molar-refractivity contribution >= 4 is 29.7 Å². The SMILES string of the molecule is CCS[C@@H]1O[C@H](C)[C@@H](OC(C)=O)[C@H](OC(C)=O)[C@@H]1OC(C)=O. The van der Waals surface area contributed by atoms with E-state index in [1.54, 1.807) is 6.92 Å². The number of esters is 3. The third kappa shape index (κ3) is 5.17. The lowest BCUT2D eigenvalue weighted by atomic mass is 10.00. The third-order valence-corrected chi connectivity index (χ3v) is 4.01. The summed E-state index contributed by atoms with van der Waals surface area (Å²) in [7, 11) is 0. The molecule has 0 N–H and O–H groups in total. The van der Waals surface area contributed by atoms with Crippen molar-refractivity contribution in [2.75, 3.05) is 5.75 Å². The molecule has 1 rings (SSSR count). The highest BCUT2D eigenvalue weighted by Gasteiger charge is 2.50. The lowest BCUT2D eigenvalue weighted by Gasteiger charge is -2.43. The van der Waals surface area contributed by atoms with Gasteiger partial charge in [-0.1, -0.05) is 6.92 Å². The Labute approximate surface area is 134 Å². The van der Waals surface area contributed by atoms with Gasteiger partial charge in [-0.2, -0.15) is 0 Å². The van der Waals surface area contributed by atoms with Crippen LogP contribution in [0.1, 0.15) is 34.6 Å². The van der Waals surface area contributed by atoms with Gasteiger partial charge in [-0.3, -0.25) is 14.4 Å². The van der Waals surface area contributed by atoms with Gasteiger partial charge in [0, 0.05) is 20.8 Å². The predicted octanol–water partition coefficient (Wildman–Crippen LogP) is 1.28. The summed E-state index contributed by atoms with van der Waals surface area (Å²) in [5.41, 5.74) is -0.500. The Morgan fingerprint density at radius 1 is 0.909 bits per heavy atom. The molecule has 5 atom stereocenters. The van der Waals surface area contributed by atoms with Crippen LogP contribution in [0.2, 0.25) is 0 Å². The van der Waals surface area contributed by atoms with E-state index in [4.69, 9.17) is 18.9 Å². The number of carbonyl (C=O) groups excluding carboxylic acids is 3. The topological polar surface area (TPSA) is 88.1 Å². The van der Waals surface area contributed by atoms with E-state index in [2.05, 4.69) is 0 Å². The van der Waals surface area contributed by atoms with Gasteiger partial charge in [0.05, 0.1) is 6.10 Å². The maximum absolute atomic E-state index is 11.4. The molecule has 0 unspecified atom stereocenters. The maximum Gasteiger partial charge on any atom is 0.303 e. The minimum Gasteiger partial charge on any atom is -0.456 e. The molecule has 126 valence electrons. The smallest absolute Gasteiger partial charge is 0.303 e. The highest BCUT2D eigenvalue weighted by atomic mass is 32.2. The Hall–Kier alpha value is -1.28. The number of hydrogen-bond acceptors (Lipinski definition) is 8. The molecule has 8 heteroatoms. The van der Waals surface area contributed by atoms with Crippen molar-refractivity contribution in [1.82, 2.24) is 0 Å². The number of hydrogen-bond donors (Lipinski definition) is 0. The molecular weight excluding hydrogens is 312 g/mol. The minimum absolute atomic E-state index is 0.496. The Kier molecular flexibility index (Phi) is 7.15. The molecule has 0 aliphatic carbocycles. The lowest BCUT2D eigenvalue weighted by Crippen LogP contribution is -2.59. The van der Waals surface area contributed by atoms with Crippen LogP contribution in [0.15, 0.2) is 0 Å². The zero-order valence-corrected chi connectivity index (χ0v) is 14.2. The highest BCUT2D eigenvalue weighted by molar-refractivity contribution is 7.99. The molecule has 7 nitrogen and oxygen atoms in total. The van der Waals surface area contributed by atoms with E-state index in [-0.39, 0.29) is 0 Å². The average Bonchev–Trinajstić information content (AvgIpc) is 2.37. The van der Waals surface area contributed by atoms with Gasteiger partial charge in [-0.25, -0.2) is 0 Å². The van der Waals surface area contributed by atoms with Crippen molar-refractivity contribution in [3.05, 3.63) is 0 Å². The second-order valence-corrected chi connectivity index (χ2v) is 6.26. The van der Waals surface area contributed by atoms with Crippen LogP contribution in [0.5, 0.6) is 0 Å². The predicted molar refractivity (Wildman–Crippen MR) is 79.1 cm³/mol. The van der Waals surface area contributed by atoms with Crippen LogP contribution in [0, 0.1) is 0 Å². The van der Waals surface area contributed by atoms with Gasteiger partial charge in [-0.05, 0) is 12.7 Å². The molecule has 1 heterocycles. The van der Waals surface area contributed by atoms with Crippen molar-refractivity contribution in [3.63, 3.8) is 0 Å². The van der Waals surface area contributed by atoms with Gasteiger partial charge in [0.15, 0.2) is 18.3 Å². The molecule has 0 amide bonds. The summed E-state index contributed by atoms with van der Waals surface area (Å²) in [6.07, 6.45) is -3.08. The van der Waals surface area contributed by atoms with Crippen molar-refractivity contribution in [2.45, 2.75) is 64.5 Å². The van der Waals surface area contributed by atoms with E-state index in [9.17, 15) is 14.4 Å². The van der Waals surface area contributed by atoms with Gasteiger partial charge in [0.1, 0.15) is 5.44 Å². The van der Waals surface area contributed by atoms with Crippen LogP contribution in [-0.2, 0) is 33.3 Å². The summed E-state index contributed by atoms with van der Waals surface area (Å²) in [5, 5.41) is 0. The quantitative estimate of drug-likeness (QED) is 0.549. The fourth-order valence-corrected chi connectivity index (χ4v) is 3.25. The van der Waals surface area contributed by atoms with Gasteiger partial charge >= 0.3 is 17.9 Å². The monoisotopic (exact) mass is 334 g/mol. The van der Waals surface area contributed by atoms with E-state index >= 15 is 0 Å². The van der Waals surface area contributed by atoms with Gasteiger partial charge in [0.2, 0.25) is 0 Å². The first-order valence-electron chi connectivity index (χ1n) is 7.05. The Balaban J connectivity index is 3.09. The van der Waals surface area contributed by atoms with Crippen LogP contribution in [0.4, 0.5) is 0 Å². The van der Waals surface area contributed by atoms with E-state index < -0.39 is 47.8 Å². The van der Waals surface area contributed by atoms with E-state index in [1.165, 1.54) is 32.5 Å². The van der Waals surface area contributed by atoms with Crippen molar-refractivity contribution in [3.8, 4) is 0 Å². The number of rotatable bonds is 5. The standard InChI is InChI=1S/C14H22O7S/c1-6-22-14-13(21-10(5)17)12(20-9(4)16)11(7(2)18-14)19-8(3)15/h7,11-14H,6H2,1-5H3/t7-,11-,12+,13+,14+/m1/s1. The molecule has 0 aromatic heterocycles. The molecule has 0 saturated carbocycles. The average molecular weight is 334 g/mol. The molecule has 1 aliphatic heterocycles. The molecule has 0 aromatic carbocycles. The summed E-state index contributed by atoms with van der Waals surface area (Å²) < 4.78 is 21.6. The summed E-state index contributed by atoms with van der Waals surface area (Å²) >= 11 is 1.43. The Morgan fingerprint density at radius 3 is 1.82 bits per heavy atom. The zero-order valence-electron chi connectivity index (χ0n) is 13.4. The molecule has 1 aliphatic rings. The largest absolute Gasteiger partial charge is 0.456 e. The molecule has 22 heavy (non-hydrogen) atoms. The zero-order chi connectivity index (χ0) is 16.9. The fraction of sp³-hybridized carbons (Fsp3) is 0.786. The number of ether oxygens (including phenoxy) is 4. The van der Waals surface area contributed by atoms with Crippen molar-refractivity contribution < 1.29 is 33.3 Å². The fourth-order valence-electron chi connectivity index (χ4n) is 2.27. The summed E-state index contributed by atoms with van der Waals surface area (Å²) in [6, 6.07) is 0. The van der Waals surface area contributed by atoms with E-state index in [0.717, 1.165) is 5.75 Å². The van der Waals surface area contributed by atoms with Gasteiger partial charge in [0.25, 0.3) is 0 Å². The van der Waals surface area contributed by atoms with Crippen molar-refractivity contribution in [2.24, 2.45) is 0 Å². The first-order valence-corrected chi connectivity index (χ1v) is 8.09. The second kappa shape index (κ2) is 8.38. The Bertz CT molecular complexity index is 425. The minimum atomic E-state index is -0.905.